The quantitative estimate of drug-likeness (QED) is 0.477. The van der Waals surface area contributed by atoms with E-state index in [0.29, 0.717) is 0 Å². The molecule has 0 heteroatoms. The molecule has 0 amide bonds. The van der Waals surface area contributed by atoms with E-state index in [1.165, 1.54) is 12.8 Å². The van der Waals surface area contributed by atoms with Crippen LogP contribution >= 0.6 is 0 Å². The maximum absolute atomic E-state index is 2.61. The molecule has 0 aromatic carbocycles. The third-order valence-corrected chi connectivity index (χ3v) is 5.43. The van der Waals surface area contributed by atoms with E-state index in [1.54, 1.807) is 25.7 Å². The van der Waals surface area contributed by atoms with Gasteiger partial charge in [-0.3, -0.25) is 0 Å². The lowest BCUT2D eigenvalue weighted by Gasteiger charge is -2.51. The van der Waals surface area contributed by atoms with Crippen molar-refractivity contribution in [3.05, 3.63) is 11.6 Å². The molecule has 0 aromatic heterocycles. The summed E-state index contributed by atoms with van der Waals surface area (Å²) in [5.41, 5.74) is 2.74. The lowest BCUT2D eigenvalue weighted by Crippen LogP contribution is -2.45. The average molecular weight is 160 g/mol. The highest BCUT2D eigenvalue weighted by Crippen LogP contribution is 2.75. The predicted molar refractivity (Wildman–Crippen MR) is 48.7 cm³/mol. The fraction of sp³-hybridized carbons (Fsp3) is 0.833. The Morgan fingerprint density at radius 1 is 1.08 bits per heavy atom. The van der Waals surface area contributed by atoms with E-state index >= 15 is 0 Å². The van der Waals surface area contributed by atoms with Gasteiger partial charge in [-0.25, -0.2) is 0 Å². The summed E-state index contributed by atoms with van der Waals surface area (Å²) in [5.74, 6) is 3.39. The first-order valence-corrected chi connectivity index (χ1v) is 5.62. The molecule has 12 heavy (non-hydrogen) atoms. The second-order valence-electron chi connectivity index (χ2n) is 5.34. The van der Waals surface area contributed by atoms with Crippen LogP contribution in [0.4, 0.5) is 0 Å². The van der Waals surface area contributed by atoms with Gasteiger partial charge in [0.2, 0.25) is 0 Å². The van der Waals surface area contributed by atoms with Gasteiger partial charge >= 0.3 is 0 Å². The zero-order valence-electron chi connectivity index (χ0n) is 7.55. The molecule has 0 nitrogen and oxygen atoms in total. The molecule has 3 fully saturated rings. The van der Waals surface area contributed by atoms with Gasteiger partial charge in [0.25, 0.3) is 0 Å². The lowest BCUT2D eigenvalue weighted by molar-refractivity contribution is 0.00653. The molecule has 3 saturated carbocycles. The van der Waals surface area contributed by atoms with Crippen molar-refractivity contribution < 1.29 is 0 Å². The molecule has 64 valence electrons. The van der Waals surface area contributed by atoms with Crippen LogP contribution in [0.5, 0.6) is 0 Å². The molecule has 0 bridgehead atoms. The highest BCUT2D eigenvalue weighted by Gasteiger charge is 2.66. The minimum atomic E-state index is 0.833. The van der Waals surface area contributed by atoms with E-state index in [2.05, 4.69) is 6.08 Å². The van der Waals surface area contributed by atoms with Gasteiger partial charge in [0.1, 0.15) is 0 Å². The minimum absolute atomic E-state index is 0.833. The Morgan fingerprint density at radius 3 is 2.92 bits per heavy atom. The van der Waals surface area contributed by atoms with Gasteiger partial charge < -0.3 is 0 Å². The molecule has 0 saturated heterocycles. The summed E-state index contributed by atoms with van der Waals surface area (Å²) >= 11 is 0. The molecule has 4 rings (SSSR count). The Kier molecular flexibility index (Phi) is 0.865. The normalized spacial score (nSPS) is 59.3. The molecule has 4 aliphatic carbocycles. The zero-order chi connectivity index (χ0) is 7.76. The van der Waals surface area contributed by atoms with Crippen molar-refractivity contribution in [1.29, 1.82) is 0 Å². The number of rotatable bonds is 0. The van der Waals surface area contributed by atoms with Crippen LogP contribution in [0.1, 0.15) is 38.5 Å². The Labute approximate surface area is 74.0 Å². The molecule has 0 aromatic rings. The third kappa shape index (κ3) is 0.407. The van der Waals surface area contributed by atoms with Crippen molar-refractivity contribution in [2.45, 2.75) is 38.5 Å². The molecule has 4 atom stereocenters. The molecule has 0 N–H and O–H groups in total. The van der Waals surface area contributed by atoms with Crippen LogP contribution in [0.2, 0.25) is 0 Å². The first-order valence-electron chi connectivity index (χ1n) is 5.62. The molecule has 1 unspecified atom stereocenters. The summed E-state index contributed by atoms with van der Waals surface area (Å²) in [6.07, 6.45) is 11.8. The Morgan fingerprint density at radius 2 is 1.92 bits per heavy atom. The third-order valence-electron chi connectivity index (χ3n) is 5.43. The smallest absolute Gasteiger partial charge is 0.0000162 e. The summed E-state index contributed by atoms with van der Waals surface area (Å²) in [6.45, 7) is 0. The second-order valence-corrected chi connectivity index (χ2v) is 5.34. The van der Waals surface area contributed by atoms with Crippen molar-refractivity contribution in [3.63, 3.8) is 0 Å². The predicted octanol–water partition coefficient (Wildman–Crippen LogP) is 3.14. The minimum Gasteiger partial charge on any atom is -0.0844 e. The van der Waals surface area contributed by atoms with Gasteiger partial charge in [0.05, 0.1) is 0 Å². The summed E-state index contributed by atoms with van der Waals surface area (Å²) in [4.78, 5) is 0. The van der Waals surface area contributed by atoms with Crippen molar-refractivity contribution in [2.75, 3.05) is 0 Å². The Hall–Kier alpha value is -0.260. The molecule has 0 heterocycles. The van der Waals surface area contributed by atoms with Crippen LogP contribution in [-0.2, 0) is 0 Å². The van der Waals surface area contributed by atoms with Crippen LogP contribution in [0.25, 0.3) is 0 Å². The molecular weight excluding hydrogens is 144 g/mol. The number of hydrogen-bond donors (Lipinski definition) is 0. The van der Waals surface area contributed by atoms with Gasteiger partial charge in [0, 0.05) is 0 Å². The largest absolute Gasteiger partial charge is 0.0844 e. The number of allylic oxidation sites excluding steroid dienone is 2. The molecule has 0 aliphatic heterocycles. The van der Waals surface area contributed by atoms with Crippen LogP contribution in [-0.4, -0.2) is 0 Å². The molecular formula is C12H16. The van der Waals surface area contributed by atoms with Crippen LogP contribution < -0.4 is 0 Å². The van der Waals surface area contributed by atoms with Gasteiger partial charge in [-0.15, -0.1) is 0 Å². The van der Waals surface area contributed by atoms with Gasteiger partial charge in [-0.1, -0.05) is 11.6 Å². The standard InChI is InChI=1S/C12H16/c1-2-9-4-6-11-7-10-5-3-8(1)12(9,10)11/h1,9-11H,2-7H2/t9-,10-,11-,12?/m1/s1. The highest BCUT2D eigenvalue weighted by molar-refractivity contribution is 5.36. The first kappa shape index (κ1) is 6.23. The monoisotopic (exact) mass is 160 g/mol. The summed E-state index contributed by atoms with van der Waals surface area (Å²) in [6, 6.07) is 0. The van der Waals surface area contributed by atoms with Crippen molar-refractivity contribution in [1.82, 2.24) is 0 Å². The Bertz CT molecular complexity index is 270. The highest BCUT2D eigenvalue weighted by atomic mass is 14.7. The molecule has 1 spiro atoms. The van der Waals surface area contributed by atoms with Crippen LogP contribution in [0.15, 0.2) is 11.6 Å². The van der Waals surface area contributed by atoms with Crippen molar-refractivity contribution in [3.8, 4) is 0 Å². The van der Waals surface area contributed by atoms with E-state index in [0.717, 1.165) is 23.2 Å². The summed E-state index contributed by atoms with van der Waals surface area (Å²) in [7, 11) is 0. The van der Waals surface area contributed by atoms with E-state index in [4.69, 9.17) is 0 Å². The average Bonchev–Trinajstić information content (AvgIpc) is 2.60. The maximum atomic E-state index is 2.61. The molecule has 0 radical (unpaired) electrons. The number of hydrogen-bond acceptors (Lipinski definition) is 0. The zero-order valence-corrected chi connectivity index (χ0v) is 7.55. The van der Waals surface area contributed by atoms with E-state index in [1.807, 2.05) is 5.57 Å². The summed E-state index contributed by atoms with van der Waals surface area (Å²) in [5, 5.41) is 0. The molecule has 4 aliphatic rings. The fourth-order valence-corrected chi connectivity index (χ4v) is 5.14. The van der Waals surface area contributed by atoms with Gasteiger partial charge in [-0.2, -0.15) is 0 Å². The van der Waals surface area contributed by atoms with Crippen LogP contribution in [0.3, 0.4) is 0 Å². The van der Waals surface area contributed by atoms with Crippen molar-refractivity contribution in [2.24, 2.45) is 23.2 Å². The van der Waals surface area contributed by atoms with E-state index in [9.17, 15) is 0 Å². The van der Waals surface area contributed by atoms with Crippen LogP contribution in [0, 0.1) is 23.2 Å². The first-order chi connectivity index (χ1) is 5.92. The Balaban J connectivity index is 1.93. The van der Waals surface area contributed by atoms with Gasteiger partial charge in [0.15, 0.2) is 0 Å². The lowest BCUT2D eigenvalue weighted by atomic mass is 9.53. The topological polar surface area (TPSA) is 0 Å². The fourth-order valence-electron chi connectivity index (χ4n) is 5.14. The van der Waals surface area contributed by atoms with Crippen molar-refractivity contribution >= 4 is 0 Å². The van der Waals surface area contributed by atoms with E-state index < -0.39 is 0 Å². The second kappa shape index (κ2) is 1.66. The SMILES string of the molecule is C1=C2CC[C@@H]3C[C@H]4CC[C@@H](C1)C234. The van der Waals surface area contributed by atoms with Gasteiger partial charge in [-0.05, 0) is 61.7 Å². The summed E-state index contributed by atoms with van der Waals surface area (Å²) < 4.78 is 0. The maximum Gasteiger partial charge on any atom is -0.0000162 e. The van der Waals surface area contributed by atoms with E-state index in [-0.39, 0.29) is 0 Å².